The zero-order valence-electron chi connectivity index (χ0n) is 20.3. The van der Waals surface area contributed by atoms with Gasteiger partial charge in [0.15, 0.2) is 0 Å². The van der Waals surface area contributed by atoms with Crippen LogP contribution in [0.5, 0.6) is 5.75 Å². The summed E-state index contributed by atoms with van der Waals surface area (Å²) in [6.07, 6.45) is 2.18. The predicted octanol–water partition coefficient (Wildman–Crippen LogP) is 5.33. The van der Waals surface area contributed by atoms with Crippen LogP contribution in [0.2, 0.25) is 5.02 Å². The summed E-state index contributed by atoms with van der Waals surface area (Å²) >= 11 is 6.37. The van der Waals surface area contributed by atoms with Gasteiger partial charge in [0.1, 0.15) is 17.6 Å². The highest BCUT2D eigenvalue weighted by Crippen LogP contribution is 2.43. The van der Waals surface area contributed by atoms with Crippen molar-refractivity contribution in [2.45, 2.75) is 26.3 Å². The standard InChI is InChI=1S/C28H25ClN2O6/c1-3-14-37-28(35)17-8-7-9-18(15-17)31-24(22-10-5-6-13-30-22)23(26(33)27(31)34)25(32)20-16-19(36-4-2)11-12-21(20)29/h5-13,15-16,24,32H,3-4,14H2,1-2H3/b25-23+. The summed E-state index contributed by atoms with van der Waals surface area (Å²) in [5, 5.41) is 11.5. The minimum absolute atomic E-state index is 0.142. The molecule has 1 atom stereocenters. The topological polar surface area (TPSA) is 106 Å². The van der Waals surface area contributed by atoms with E-state index in [1.165, 1.54) is 23.2 Å². The summed E-state index contributed by atoms with van der Waals surface area (Å²) in [7, 11) is 0. The maximum Gasteiger partial charge on any atom is 0.338 e. The lowest BCUT2D eigenvalue weighted by atomic mass is 9.98. The molecule has 1 aliphatic heterocycles. The number of Topliss-reactive ketones (excluding diaryl/α,β-unsaturated/α-hetero) is 1. The van der Waals surface area contributed by atoms with Gasteiger partial charge in [-0.05, 0) is 61.9 Å². The molecule has 0 aliphatic carbocycles. The number of halogens is 1. The lowest BCUT2D eigenvalue weighted by Crippen LogP contribution is -2.30. The first kappa shape index (κ1) is 25.9. The Morgan fingerprint density at radius 1 is 1.08 bits per heavy atom. The van der Waals surface area contributed by atoms with E-state index >= 15 is 0 Å². The number of hydrogen-bond acceptors (Lipinski definition) is 7. The number of carbonyl (C=O) groups excluding carboxylic acids is 3. The summed E-state index contributed by atoms with van der Waals surface area (Å²) in [6, 6.07) is 14.9. The molecule has 1 fully saturated rings. The number of anilines is 1. The molecule has 0 bridgehead atoms. The van der Waals surface area contributed by atoms with E-state index in [0.717, 1.165) is 0 Å². The first-order chi connectivity index (χ1) is 17.9. The molecule has 1 amide bonds. The Labute approximate surface area is 219 Å². The number of aromatic nitrogens is 1. The third-order valence-corrected chi connectivity index (χ3v) is 6.04. The fraction of sp³-hybridized carbons (Fsp3) is 0.214. The molecule has 1 unspecified atom stereocenters. The predicted molar refractivity (Wildman–Crippen MR) is 139 cm³/mol. The first-order valence-electron chi connectivity index (χ1n) is 11.8. The number of esters is 1. The molecule has 3 aromatic rings. The zero-order chi connectivity index (χ0) is 26.5. The van der Waals surface area contributed by atoms with Crippen molar-refractivity contribution in [3.8, 4) is 5.75 Å². The molecule has 0 saturated carbocycles. The van der Waals surface area contributed by atoms with E-state index in [0.29, 0.717) is 24.5 Å². The number of ketones is 1. The van der Waals surface area contributed by atoms with Gasteiger partial charge in [0, 0.05) is 17.4 Å². The van der Waals surface area contributed by atoms with Crippen molar-refractivity contribution in [2.24, 2.45) is 0 Å². The van der Waals surface area contributed by atoms with E-state index in [2.05, 4.69) is 4.98 Å². The van der Waals surface area contributed by atoms with Crippen LogP contribution in [-0.4, -0.2) is 41.0 Å². The number of rotatable bonds is 8. The molecule has 1 saturated heterocycles. The van der Waals surface area contributed by atoms with Crippen molar-refractivity contribution in [2.75, 3.05) is 18.1 Å². The van der Waals surface area contributed by atoms with Crippen LogP contribution in [0.1, 0.15) is 47.9 Å². The highest BCUT2D eigenvalue weighted by atomic mass is 35.5. The van der Waals surface area contributed by atoms with E-state index in [-0.39, 0.29) is 34.0 Å². The largest absolute Gasteiger partial charge is 0.507 e. The maximum absolute atomic E-state index is 13.4. The van der Waals surface area contributed by atoms with Gasteiger partial charge in [-0.1, -0.05) is 30.7 Å². The molecule has 1 aliphatic rings. The number of nitrogens with zero attached hydrogens (tertiary/aromatic N) is 2. The minimum atomic E-state index is -1.07. The fourth-order valence-electron chi connectivity index (χ4n) is 4.06. The van der Waals surface area contributed by atoms with Gasteiger partial charge in [0.05, 0.1) is 35.1 Å². The summed E-state index contributed by atoms with van der Waals surface area (Å²) < 4.78 is 10.7. The molecular formula is C28H25ClN2O6. The van der Waals surface area contributed by atoms with Crippen LogP contribution in [0.25, 0.3) is 5.76 Å². The molecular weight excluding hydrogens is 496 g/mol. The van der Waals surface area contributed by atoms with Gasteiger partial charge in [-0.25, -0.2) is 4.79 Å². The SMILES string of the molecule is CCCOC(=O)c1cccc(N2C(=O)C(=O)/C(=C(/O)c3cc(OCC)ccc3Cl)C2c2ccccn2)c1. The molecule has 0 radical (unpaired) electrons. The van der Waals surface area contributed by atoms with E-state index in [1.54, 1.807) is 48.5 Å². The van der Waals surface area contributed by atoms with Crippen molar-refractivity contribution >= 4 is 40.7 Å². The second-order valence-corrected chi connectivity index (χ2v) is 8.59. The first-order valence-corrected chi connectivity index (χ1v) is 12.2. The summed E-state index contributed by atoms with van der Waals surface area (Å²) in [5.74, 6) is -2.36. The Balaban J connectivity index is 1.88. The molecule has 0 spiro atoms. The molecule has 9 heteroatoms. The molecule has 2 aromatic carbocycles. The number of hydrogen-bond donors (Lipinski definition) is 1. The Bertz CT molecular complexity index is 1370. The number of carbonyl (C=O) groups is 3. The van der Waals surface area contributed by atoms with Gasteiger partial charge in [-0.3, -0.25) is 19.5 Å². The summed E-state index contributed by atoms with van der Waals surface area (Å²) in [6.45, 7) is 4.33. The van der Waals surface area contributed by atoms with Gasteiger partial charge < -0.3 is 14.6 Å². The number of pyridine rings is 1. The third kappa shape index (κ3) is 5.20. The summed E-state index contributed by atoms with van der Waals surface area (Å²) in [5.41, 5.74) is 0.804. The van der Waals surface area contributed by atoms with Crippen molar-refractivity contribution in [1.29, 1.82) is 0 Å². The molecule has 8 nitrogen and oxygen atoms in total. The quantitative estimate of drug-likeness (QED) is 0.185. The van der Waals surface area contributed by atoms with Crippen molar-refractivity contribution in [3.63, 3.8) is 0 Å². The Morgan fingerprint density at radius 2 is 1.89 bits per heavy atom. The smallest absolute Gasteiger partial charge is 0.338 e. The number of benzene rings is 2. The van der Waals surface area contributed by atoms with E-state index in [4.69, 9.17) is 21.1 Å². The Morgan fingerprint density at radius 3 is 2.59 bits per heavy atom. The van der Waals surface area contributed by atoms with Gasteiger partial charge in [0.2, 0.25) is 0 Å². The number of aliphatic hydroxyl groups is 1. The van der Waals surface area contributed by atoms with Crippen LogP contribution in [-0.2, 0) is 14.3 Å². The number of amides is 1. The van der Waals surface area contributed by atoms with Crippen LogP contribution < -0.4 is 9.64 Å². The average molecular weight is 521 g/mol. The van der Waals surface area contributed by atoms with Crippen LogP contribution in [0, 0.1) is 0 Å². The fourth-order valence-corrected chi connectivity index (χ4v) is 4.27. The molecule has 190 valence electrons. The van der Waals surface area contributed by atoms with Crippen molar-refractivity contribution in [1.82, 2.24) is 4.98 Å². The van der Waals surface area contributed by atoms with E-state index in [1.807, 2.05) is 13.8 Å². The lowest BCUT2D eigenvalue weighted by Gasteiger charge is -2.25. The van der Waals surface area contributed by atoms with Crippen molar-refractivity contribution < 1.29 is 29.0 Å². The lowest BCUT2D eigenvalue weighted by molar-refractivity contribution is -0.132. The Kier molecular flexibility index (Phi) is 7.89. The highest BCUT2D eigenvalue weighted by Gasteiger charge is 2.48. The third-order valence-electron chi connectivity index (χ3n) is 5.71. The van der Waals surface area contributed by atoms with Gasteiger partial charge in [0.25, 0.3) is 11.7 Å². The maximum atomic E-state index is 13.4. The van der Waals surface area contributed by atoms with Gasteiger partial charge >= 0.3 is 5.97 Å². The average Bonchev–Trinajstić information content (AvgIpc) is 3.18. The van der Waals surface area contributed by atoms with Gasteiger partial charge in [-0.15, -0.1) is 0 Å². The van der Waals surface area contributed by atoms with Crippen molar-refractivity contribution in [3.05, 3.63) is 94.3 Å². The van der Waals surface area contributed by atoms with Crippen LogP contribution in [0.4, 0.5) is 5.69 Å². The normalized spacial score (nSPS) is 16.6. The number of ether oxygens (including phenoxy) is 2. The van der Waals surface area contributed by atoms with Crippen LogP contribution >= 0.6 is 11.6 Å². The molecule has 1 aromatic heterocycles. The Hall–Kier alpha value is -4.17. The monoisotopic (exact) mass is 520 g/mol. The number of aliphatic hydroxyl groups excluding tert-OH is 1. The second kappa shape index (κ2) is 11.3. The second-order valence-electron chi connectivity index (χ2n) is 8.18. The molecule has 4 rings (SSSR count). The minimum Gasteiger partial charge on any atom is -0.507 e. The van der Waals surface area contributed by atoms with E-state index < -0.39 is 29.5 Å². The molecule has 2 heterocycles. The van der Waals surface area contributed by atoms with Crippen LogP contribution in [0.3, 0.4) is 0 Å². The van der Waals surface area contributed by atoms with E-state index in [9.17, 15) is 19.5 Å². The highest BCUT2D eigenvalue weighted by molar-refractivity contribution is 6.52. The van der Waals surface area contributed by atoms with Crippen LogP contribution in [0.15, 0.2) is 72.4 Å². The summed E-state index contributed by atoms with van der Waals surface area (Å²) in [4.78, 5) is 44.8. The zero-order valence-corrected chi connectivity index (χ0v) is 21.1. The van der Waals surface area contributed by atoms with Gasteiger partial charge in [-0.2, -0.15) is 0 Å². The molecule has 1 N–H and O–H groups in total. The molecule has 37 heavy (non-hydrogen) atoms.